The number of halogens is 2. The second kappa shape index (κ2) is 8.65. The van der Waals surface area contributed by atoms with Crippen LogP contribution in [0.1, 0.15) is 50.6 Å². The highest BCUT2D eigenvalue weighted by Gasteiger charge is 2.28. The van der Waals surface area contributed by atoms with Crippen molar-refractivity contribution < 1.29 is 14.1 Å². The van der Waals surface area contributed by atoms with Crippen LogP contribution < -0.4 is 0 Å². The number of aryl methyl sites for hydroxylation is 2. The molecule has 0 saturated heterocycles. The summed E-state index contributed by atoms with van der Waals surface area (Å²) in [5.41, 5.74) is 6.55. The molecular formula is C26H20Cl2N2O3. The minimum atomic E-state index is -0.374. The molecule has 2 aromatic carbocycles. The lowest BCUT2D eigenvalue weighted by atomic mass is 10.0. The fourth-order valence-electron chi connectivity index (χ4n) is 4.23. The summed E-state index contributed by atoms with van der Waals surface area (Å²) < 4.78 is 10.9. The Morgan fingerprint density at radius 1 is 1.12 bits per heavy atom. The largest absolute Gasteiger partial charge is 0.457 e. The summed E-state index contributed by atoms with van der Waals surface area (Å²) in [4.78, 5) is 18.2. The van der Waals surface area contributed by atoms with Crippen LogP contribution in [0.25, 0.3) is 22.6 Å². The van der Waals surface area contributed by atoms with E-state index in [1.54, 1.807) is 6.07 Å². The highest BCUT2D eigenvalue weighted by molar-refractivity contribution is 6.42. The summed E-state index contributed by atoms with van der Waals surface area (Å²) >= 11 is 12.3. The van der Waals surface area contributed by atoms with Gasteiger partial charge in [0.1, 0.15) is 12.4 Å². The minimum absolute atomic E-state index is 0.109. The van der Waals surface area contributed by atoms with E-state index in [4.69, 9.17) is 37.4 Å². The van der Waals surface area contributed by atoms with Crippen LogP contribution >= 0.6 is 23.2 Å². The molecule has 0 fully saturated rings. The van der Waals surface area contributed by atoms with Gasteiger partial charge in [0.2, 0.25) is 0 Å². The van der Waals surface area contributed by atoms with Crippen molar-refractivity contribution in [2.45, 2.75) is 33.3 Å². The molecule has 1 aliphatic carbocycles. The Bertz CT molecular complexity index is 1420. The summed E-state index contributed by atoms with van der Waals surface area (Å²) in [5.74, 6) is 0.276. The van der Waals surface area contributed by atoms with Crippen molar-refractivity contribution in [1.82, 2.24) is 10.1 Å². The number of ether oxygens (including phenoxy) is 1. The SMILES string of the molecule is Cc1noc(C)c1COC(=O)c1c2c(nc3ccccc13)C(=Cc1ccc(Cl)c(Cl)c1)CC2. The average molecular weight is 479 g/mol. The fraction of sp³-hybridized carbons (Fsp3) is 0.192. The normalized spacial score (nSPS) is 14.1. The first-order valence-corrected chi connectivity index (χ1v) is 11.3. The zero-order valence-electron chi connectivity index (χ0n) is 18.1. The molecule has 0 amide bonds. The Labute approximate surface area is 201 Å². The summed E-state index contributed by atoms with van der Waals surface area (Å²) in [6.45, 7) is 3.75. The van der Waals surface area contributed by atoms with Crippen molar-refractivity contribution in [2.75, 3.05) is 0 Å². The number of allylic oxidation sites excluding steroid dienone is 1. The number of rotatable bonds is 4. The van der Waals surface area contributed by atoms with Crippen molar-refractivity contribution in [1.29, 1.82) is 0 Å². The van der Waals surface area contributed by atoms with Gasteiger partial charge in [-0.1, -0.05) is 52.6 Å². The number of fused-ring (bicyclic) bond motifs is 2. The molecule has 7 heteroatoms. The Hall–Kier alpha value is -3.15. The number of nitrogens with zero attached hydrogens (tertiary/aromatic N) is 2. The van der Waals surface area contributed by atoms with Gasteiger partial charge in [-0.15, -0.1) is 0 Å². The number of carbonyl (C=O) groups is 1. The summed E-state index contributed by atoms with van der Waals surface area (Å²) in [6, 6.07) is 13.2. The molecule has 0 atom stereocenters. The zero-order valence-corrected chi connectivity index (χ0v) is 19.6. The highest BCUT2D eigenvalue weighted by atomic mass is 35.5. The third-order valence-electron chi connectivity index (χ3n) is 5.96. The second-order valence-corrected chi connectivity index (χ2v) is 8.87. The molecule has 0 spiro atoms. The van der Waals surface area contributed by atoms with Gasteiger partial charge in [-0.2, -0.15) is 0 Å². The molecule has 0 saturated carbocycles. The lowest BCUT2D eigenvalue weighted by molar-refractivity contribution is 0.0472. The lowest BCUT2D eigenvalue weighted by Gasteiger charge is -2.12. The summed E-state index contributed by atoms with van der Waals surface area (Å²) in [6.07, 6.45) is 3.52. The number of carbonyl (C=O) groups excluding carboxylic acids is 1. The number of hydrogen-bond donors (Lipinski definition) is 0. The van der Waals surface area contributed by atoms with Gasteiger partial charge >= 0.3 is 5.97 Å². The monoisotopic (exact) mass is 478 g/mol. The van der Waals surface area contributed by atoms with Crippen LogP contribution in [0, 0.1) is 13.8 Å². The van der Waals surface area contributed by atoms with Gasteiger partial charge in [-0.25, -0.2) is 9.78 Å². The first-order valence-electron chi connectivity index (χ1n) is 10.6. The molecule has 0 N–H and O–H groups in total. The number of para-hydroxylation sites is 1. The van der Waals surface area contributed by atoms with Gasteiger partial charge in [0.05, 0.1) is 38.1 Å². The Balaban J connectivity index is 1.56. The molecule has 0 radical (unpaired) electrons. The Kier molecular flexibility index (Phi) is 5.69. The molecule has 0 aliphatic heterocycles. The number of pyridine rings is 1. The van der Waals surface area contributed by atoms with E-state index in [0.717, 1.165) is 51.0 Å². The molecule has 5 nitrogen and oxygen atoms in total. The van der Waals surface area contributed by atoms with E-state index in [1.165, 1.54) is 0 Å². The molecule has 0 unspecified atom stereocenters. The van der Waals surface area contributed by atoms with Gasteiger partial charge in [-0.3, -0.25) is 0 Å². The maximum atomic E-state index is 13.3. The van der Waals surface area contributed by atoms with E-state index < -0.39 is 0 Å². The quantitative estimate of drug-likeness (QED) is 0.295. The first-order chi connectivity index (χ1) is 15.9. The molecule has 2 aromatic heterocycles. The fourth-order valence-corrected chi connectivity index (χ4v) is 4.54. The summed E-state index contributed by atoms with van der Waals surface area (Å²) in [7, 11) is 0. The molecule has 33 heavy (non-hydrogen) atoms. The molecular weight excluding hydrogens is 459 g/mol. The minimum Gasteiger partial charge on any atom is -0.457 e. The van der Waals surface area contributed by atoms with Crippen molar-refractivity contribution in [3.8, 4) is 0 Å². The maximum Gasteiger partial charge on any atom is 0.339 e. The van der Waals surface area contributed by atoms with Crippen LogP contribution in [-0.4, -0.2) is 16.1 Å². The maximum absolute atomic E-state index is 13.3. The second-order valence-electron chi connectivity index (χ2n) is 8.05. The predicted octanol–water partition coefficient (Wildman–Crippen LogP) is 6.99. The van der Waals surface area contributed by atoms with Gasteiger partial charge in [0.15, 0.2) is 0 Å². The van der Waals surface area contributed by atoms with E-state index in [1.807, 2.05) is 50.2 Å². The van der Waals surface area contributed by atoms with Crippen LogP contribution in [0.3, 0.4) is 0 Å². The van der Waals surface area contributed by atoms with Crippen molar-refractivity contribution in [3.05, 3.63) is 91.9 Å². The number of esters is 1. The van der Waals surface area contributed by atoms with Gasteiger partial charge in [0, 0.05) is 5.39 Å². The lowest BCUT2D eigenvalue weighted by Crippen LogP contribution is -2.11. The van der Waals surface area contributed by atoms with Crippen LogP contribution in [0.15, 0.2) is 47.0 Å². The topological polar surface area (TPSA) is 65.2 Å². The first kappa shape index (κ1) is 21.7. The van der Waals surface area contributed by atoms with E-state index >= 15 is 0 Å². The third kappa shape index (κ3) is 4.03. The van der Waals surface area contributed by atoms with Crippen LogP contribution in [0.4, 0.5) is 0 Å². The number of aromatic nitrogens is 2. The van der Waals surface area contributed by atoms with E-state index in [2.05, 4.69) is 11.2 Å². The van der Waals surface area contributed by atoms with E-state index in [9.17, 15) is 4.79 Å². The standard InChI is InChI=1S/C26H20Cl2N2O3/c1-14-20(15(2)33-30-14)13-32-26(31)24-18-5-3-4-6-23(18)29-25-17(8-9-19(24)25)11-16-7-10-21(27)22(28)12-16/h3-7,10-12H,8-9,13H2,1-2H3. The van der Waals surface area contributed by atoms with Crippen molar-refractivity contribution in [3.63, 3.8) is 0 Å². The molecule has 2 heterocycles. The number of hydrogen-bond acceptors (Lipinski definition) is 5. The molecule has 1 aliphatic rings. The Morgan fingerprint density at radius 2 is 1.94 bits per heavy atom. The Morgan fingerprint density at radius 3 is 2.70 bits per heavy atom. The third-order valence-corrected chi connectivity index (χ3v) is 6.70. The van der Waals surface area contributed by atoms with Gasteiger partial charge < -0.3 is 9.26 Å². The van der Waals surface area contributed by atoms with Crippen LogP contribution in [0.5, 0.6) is 0 Å². The molecule has 0 bridgehead atoms. The van der Waals surface area contributed by atoms with Crippen LogP contribution in [-0.2, 0) is 17.8 Å². The average Bonchev–Trinajstić information content (AvgIpc) is 3.35. The predicted molar refractivity (Wildman–Crippen MR) is 129 cm³/mol. The van der Waals surface area contributed by atoms with Crippen LogP contribution in [0.2, 0.25) is 10.0 Å². The highest BCUT2D eigenvalue weighted by Crippen LogP contribution is 2.38. The van der Waals surface area contributed by atoms with E-state index in [-0.39, 0.29) is 12.6 Å². The molecule has 166 valence electrons. The summed E-state index contributed by atoms with van der Waals surface area (Å²) in [5, 5.41) is 5.73. The zero-order chi connectivity index (χ0) is 23.1. The van der Waals surface area contributed by atoms with Crippen molar-refractivity contribution >= 4 is 51.7 Å². The molecule has 5 rings (SSSR count). The van der Waals surface area contributed by atoms with Gasteiger partial charge in [-0.05, 0) is 67.7 Å². The van der Waals surface area contributed by atoms with Crippen molar-refractivity contribution in [2.24, 2.45) is 0 Å². The van der Waals surface area contributed by atoms with Gasteiger partial charge in [0.25, 0.3) is 0 Å². The molecule has 4 aromatic rings. The smallest absolute Gasteiger partial charge is 0.339 e. The number of benzene rings is 2. The van der Waals surface area contributed by atoms with E-state index in [0.29, 0.717) is 27.8 Å².